The van der Waals surface area contributed by atoms with Crippen molar-refractivity contribution >= 4 is 17.5 Å². The lowest BCUT2D eigenvalue weighted by atomic mass is 10.1. The molecule has 0 saturated heterocycles. The summed E-state index contributed by atoms with van der Waals surface area (Å²) < 4.78 is 36.2. The minimum atomic E-state index is -4.46. The highest BCUT2D eigenvalue weighted by molar-refractivity contribution is 5.96. The number of carbonyl (C=O) groups is 2. The molecule has 2 aromatic rings. The third-order valence-corrected chi connectivity index (χ3v) is 3.37. The van der Waals surface area contributed by atoms with Gasteiger partial charge >= 0.3 is 6.18 Å². The molecule has 0 aliphatic carbocycles. The van der Waals surface area contributed by atoms with Crippen molar-refractivity contribution < 1.29 is 22.8 Å². The minimum Gasteiger partial charge on any atom is -0.343 e. The van der Waals surface area contributed by atoms with E-state index in [1.165, 1.54) is 24.3 Å². The van der Waals surface area contributed by atoms with Crippen LogP contribution in [0.15, 0.2) is 48.5 Å². The first-order chi connectivity index (χ1) is 11.7. The van der Waals surface area contributed by atoms with E-state index in [0.717, 1.165) is 11.1 Å². The van der Waals surface area contributed by atoms with Crippen LogP contribution in [0, 0.1) is 6.92 Å². The predicted octanol–water partition coefficient (Wildman–Crippen LogP) is 3.47. The third kappa shape index (κ3) is 6.29. The number of halogens is 3. The number of alkyl halides is 3. The lowest BCUT2D eigenvalue weighted by Crippen LogP contribution is -2.33. The molecule has 0 fully saturated rings. The van der Waals surface area contributed by atoms with Crippen molar-refractivity contribution in [3.63, 3.8) is 0 Å². The summed E-state index contributed by atoms with van der Waals surface area (Å²) in [6.45, 7) is 0.567. The molecule has 0 heterocycles. The molecule has 132 valence electrons. The van der Waals surface area contributed by atoms with Crippen LogP contribution in [0.1, 0.15) is 21.5 Å². The average molecular weight is 350 g/mol. The molecule has 0 saturated carbocycles. The van der Waals surface area contributed by atoms with Gasteiger partial charge in [-0.05, 0) is 36.8 Å². The topological polar surface area (TPSA) is 58.2 Å². The molecular weight excluding hydrogens is 333 g/mol. The molecule has 2 rings (SSSR count). The van der Waals surface area contributed by atoms with Crippen LogP contribution >= 0.6 is 0 Å². The van der Waals surface area contributed by atoms with E-state index >= 15 is 0 Å². The maximum Gasteiger partial charge on any atom is 0.405 e. The second-order valence-electron chi connectivity index (χ2n) is 5.59. The summed E-state index contributed by atoms with van der Waals surface area (Å²) in [5.41, 5.74) is 2.51. The molecular formula is C18H17F3N2O2. The van der Waals surface area contributed by atoms with Gasteiger partial charge in [-0.3, -0.25) is 9.59 Å². The first-order valence-electron chi connectivity index (χ1n) is 7.53. The van der Waals surface area contributed by atoms with Crippen LogP contribution in [0.3, 0.4) is 0 Å². The Kier molecular flexibility index (Phi) is 5.80. The first-order valence-corrected chi connectivity index (χ1v) is 7.53. The standard InChI is InChI=1S/C18H17F3N2O2/c1-12-2-4-13(5-3-12)10-16(24)23-15-8-6-14(7-9-15)17(25)22-11-18(19,20)21/h2-9H,10-11H2,1H3,(H,22,25)(H,23,24). The number of nitrogens with one attached hydrogen (secondary N) is 2. The molecule has 0 unspecified atom stereocenters. The minimum absolute atomic E-state index is 0.0841. The summed E-state index contributed by atoms with van der Waals surface area (Å²) in [4.78, 5) is 23.6. The number of aryl methyl sites for hydroxylation is 1. The fourth-order valence-electron chi connectivity index (χ4n) is 2.08. The maximum atomic E-state index is 12.1. The van der Waals surface area contributed by atoms with Gasteiger partial charge in [-0.2, -0.15) is 13.2 Å². The van der Waals surface area contributed by atoms with Gasteiger partial charge < -0.3 is 10.6 Å². The zero-order valence-electron chi connectivity index (χ0n) is 13.5. The van der Waals surface area contributed by atoms with Gasteiger partial charge in [0.1, 0.15) is 6.54 Å². The number of hydrogen-bond donors (Lipinski definition) is 2. The van der Waals surface area contributed by atoms with Crippen LogP contribution in [0.25, 0.3) is 0 Å². The molecule has 2 aromatic carbocycles. The van der Waals surface area contributed by atoms with Crippen molar-refractivity contribution in [2.24, 2.45) is 0 Å². The molecule has 0 aliphatic heterocycles. The molecule has 0 aliphatic rings. The summed E-state index contributed by atoms with van der Waals surface area (Å²) in [5.74, 6) is -1.05. The van der Waals surface area contributed by atoms with Crippen LogP contribution in [0.2, 0.25) is 0 Å². The van der Waals surface area contributed by atoms with Gasteiger partial charge in [0.05, 0.1) is 6.42 Å². The lowest BCUT2D eigenvalue weighted by Gasteiger charge is -2.09. The van der Waals surface area contributed by atoms with Gasteiger partial charge in [-0.1, -0.05) is 29.8 Å². The van der Waals surface area contributed by atoms with E-state index in [4.69, 9.17) is 0 Å². The molecule has 25 heavy (non-hydrogen) atoms. The fourth-order valence-corrected chi connectivity index (χ4v) is 2.08. The van der Waals surface area contributed by atoms with E-state index in [1.54, 1.807) is 5.32 Å². The Bertz CT molecular complexity index is 738. The first kappa shape index (κ1) is 18.5. The van der Waals surface area contributed by atoms with Crippen LogP contribution < -0.4 is 10.6 Å². The third-order valence-electron chi connectivity index (χ3n) is 3.37. The Morgan fingerprint density at radius 2 is 1.56 bits per heavy atom. The van der Waals surface area contributed by atoms with Crippen molar-refractivity contribution in [2.45, 2.75) is 19.5 Å². The largest absolute Gasteiger partial charge is 0.405 e. The van der Waals surface area contributed by atoms with E-state index < -0.39 is 18.6 Å². The van der Waals surface area contributed by atoms with Crippen LogP contribution in [0.5, 0.6) is 0 Å². The molecule has 0 radical (unpaired) electrons. The van der Waals surface area contributed by atoms with Crippen molar-refractivity contribution in [1.29, 1.82) is 0 Å². The molecule has 7 heteroatoms. The summed E-state index contributed by atoms with van der Waals surface area (Å²) >= 11 is 0. The van der Waals surface area contributed by atoms with Gasteiger partial charge in [0.25, 0.3) is 5.91 Å². The van der Waals surface area contributed by atoms with Crippen molar-refractivity contribution in [1.82, 2.24) is 5.32 Å². The Morgan fingerprint density at radius 3 is 2.12 bits per heavy atom. The molecule has 4 nitrogen and oxygen atoms in total. The Hall–Kier alpha value is -2.83. The zero-order chi connectivity index (χ0) is 18.4. The summed E-state index contributed by atoms with van der Waals surface area (Å²) in [6, 6.07) is 13.2. The lowest BCUT2D eigenvalue weighted by molar-refractivity contribution is -0.123. The number of hydrogen-bond acceptors (Lipinski definition) is 2. The predicted molar refractivity (Wildman–Crippen MR) is 88.3 cm³/mol. The summed E-state index contributed by atoms with van der Waals surface area (Å²) in [5, 5.41) is 4.46. The fraction of sp³-hybridized carbons (Fsp3) is 0.222. The molecule has 0 bridgehead atoms. The van der Waals surface area contributed by atoms with Gasteiger partial charge in [0, 0.05) is 11.3 Å². The Labute approximate surface area is 143 Å². The number of benzene rings is 2. The van der Waals surface area contributed by atoms with Crippen LogP contribution in [-0.2, 0) is 11.2 Å². The van der Waals surface area contributed by atoms with E-state index in [-0.39, 0.29) is 17.9 Å². The number of carbonyl (C=O) groups excluding carboxylic acids is 2. The van der Waals surface area contributed by atoms with Gasteiger partial charge in [-0.25, -0.2) is 0 Å². The molecule has 2 amide bonds. The van der Waals surface area contributed by atoms with E-state index in [2.05, 4.69) is 5.32 Å². The highest BCUT2D eigenvalue weighted by Crippen LogP contribution is 2.14. The average Bonchev–Trinajstić information content (AvgIpc) is 2.55. The normalized spacial score (nSPS) is 11.0. The Morgan fingerprint density at radius 1 is 0.960 bits per heavy atom. The zero-order valence-corrected chi connectivity index (χ0v) is 13.5. The quantitative estimate of drug-likeness (QED) is 0.868. The highest BCUT2D eigenvalue weighted by atomic mass is 19.4. The van der Waals surface area contributed by atoms with E-state index in [0.29, 0.717) is 5.69 Å². The van der Waals surface area contributed by atoms with Crippen LogP contribution in [-0.4, -0.2) is 24.5 Å². The second kappa shape index (κ2) is 7.83. The van der Waals surface area contributed by atoms with Crippen molar-refractivity contribution in [3.8, 4) is 0 Å². The highest BCUT2D eigenvalue weighted by Gasteiger charge is 2.27. The molecule has 0 atom stereocenters. The molecule has 2 N–H and O–H groups in total. The SMILES string of the molecule is Cc1ccc(CC(=O)Nc2ccc(C(=O)NCC(F)(F)F)cc2)cc1. The van der Waals surface area contributed by atoms with Crippen molar-refractivity contribution in [3.05, 3.63) is 65.2 Å². The Balaban J connectivity index is 1.90. The maximum absolute atomic E-state index is 12.1. The smallest absolute Gasteiger partial charge is 0.343 e. The van der Waals surface area contributed by atoms with Crippen LogP contribution in [0.4, 0.5) is 18.9 Å². The van der Waals surface area contributed by atoms with Gasteiger partial charge in [0.2, 0.25) is 5.91 Å². The van der Waals surface area contributed by atoms with E-state index in [9.17, 15) is 22.8 Å². The van der Waals surface area contributed by atoms with Gasteiger partial charge in [0.15, 0.2) is 0 Å². The summed E-state index contributed by atoms with van der Waals surface area (Å²) in [7, 11) is 0. The van der Waals surface area contributed by atoms with Gasteiger partial charge in [-0.15, -0.1) is 0 Å². The second-order valence-corrected chi connectivity index (χ2v) is 5.59. The number of anilines is 1. The monoisotopic (exact) mass is 350 g/mol. The van der Waals surface area contributed by atoms with E-state index in [1.807, 2.05) is 31.2 Å². The van der Waals surface area contributed by atoms with Crippen molar-refractivity contribution in [2.75, 3.05) is 11.9 Å². The number of amides is 2. The molecule has 0 aromatic heterocycles. The number of rotatable bonds is 5. The molecule has 0 spiro atoms. The summed E-state index contributed by atoms with van der Waals surface area (Å²) in [6.07, 6.45) is -4.26.